The number of H-pyrrole nitrogens is 1. The van der Waals surface area contributed by atoms with E-state index in [0.29, 0.717) is 17.2 Å². The van der Waals surface area contributed by atoms with E-state index in [0.717, 1.165) is 0 Å². The van der Waals surface area contributed by atoms with Crippen molar-refractivity contribution in [1.82, 2.24) is 10.3 Å². The molecule has 5 heteroatoms. The molecule has 3 N–H and O–H groups in total. The van der Waals surface area contributed by atoms with Crippen LogP contribution in [0.2, 0.25) is 0 Å². The van der Waals surface area contributed by atoms with Gasteiger partial charge in [-0.15, -0.1) is 0 Å². The van der Waals surface area contributed by atoms with Crippen molar-refractivity contribution >= 4 is 16.7 Å². The summed E-state index contributed by atoms with van der Waals surface area (Å²) in [4.78, 5) is 26.4. The van der Waals surface area contributed by atoms with Gasteiger partial charge in [-0.3, -0.25) is 9.59 Å². The van der Waals surface area contributed by atoms with E-state index in [1.165, 1.54) is 0 Å². The monoisotopic (exact) mass is 260 g/mol. The van der Waals surface area contributed by atoms with Crippen molar-refractivity contribution in [1.29, 1.82) is 0 Å². The number of fused-ring (bicyclic) bond motifs is 1. The highest BCUT2D eigenvalue weighted by Crippen LogP contribution is 2.09. The highest BCUT2D eigenvalue weighted by atomic mass is 16.3. The lowest BCUT2D eigenvalue weighted by atomic mass is 10.1. The number of nitrogens with one attached hydrogen (secondary N) is 2. The molecule has 0 fully saturated rings. The van der Waals surface area contributed by atoms with Crippen LogP contribution in [0.1, 0.15) is 23.8 Å². The summed E-state index contributed by atoms with van der Waals surface area (Å²) < 4.78 is 0. The number of aromatic amines is 1. The predicted molar refractivity (Wildman–Crippen MR) is 73.2 cm³/mol. The minimum atomic E-state index is -0.385. The van der Waals surface area contributed by atoms with Gasteiger partial charge in [-0.25, -0.2) is 0 Å². The van der Waals surface area contributed by atoms with E-state index in [1.807, 2.05) is 13.0 Å². The Labute approximate surface area is 110 Å². The van der Waals surface area contributed by atoms with E-state index in [9.17, 15) is 9.59 Å². The Morgan fingerprint density at radius 1 is 1.42 bits per heavy atom. The van der Waals surface area contributed by atoms with Crippen LogP contribution in [0.5, 0.6) is 0 Å². The molecule has 1 unspecified atom stereocenters. The second-order valence-corrected chi connectivity index (χ2v) is 4.36. The third-order valence-corrected chi connectivity index (χ3v) is 3.05. The van der Waals surface area contributed by atoms with Gasteiger partial charge in [-0.1, -0.05) is 25.1 Å². The summed E-state index contributed by atoms with van der Waals surface area (Å²) in [5.74, 6) is -0.385. The van der Waals surface area contributed by atoms with E-state index < -0.39 is 0 Å². The van der Waals surface area contributed by atoms with Crippen LogP contribution in [-0.2, 0) is 0 Å². The molecular weight excluding hydrogens is 244 g/mol. The van der Waals surface area contributed by atoms with E-state index in [2.05, 4.69) is 10.3 Å². The Morgan fingerprint density at radius 3 is 2.84 bits per heavy atom. The number of benzene rings is 1. The molecule has 0 spiro atoms. The molecule has 1 aromatic heterocycles. The van der Waals surface area contributed by atoms with Gasteiger partial charge in [-0.2, -0.15) is 0 Å². The van der Waals surface area contributed by atoms with E-state index in [-0.39, 0.29) is 29.8 Å². The average Bonchev–Trinajstić information content (AvgIpc) is 2.44. The predicted octanol–water partition coefficient (Wildman–Crippen LogP) is 1.03. The second-order valence-electron chi connectivity index (χ2n) is 4.36. The minimum Gasteiger partial charge on any atom is -0.394 e. The van der Waals surface area contributed by atoms with Crippen LogP contribution in [0, 0.1) is 0 Å². The first-order valence-electron chi connectivity index (χ1n) is 6.19. The molecule has 0 bridgehead atoms. The van der Waals surface area contributed by atoms with Gasteiger partial charge in [0.2, 0.25) is 0 Å². The van der Waals surface area contributed by atoms with Crippen molar-refractivity contribution in [3.05, 3.63) is 46.4 Å². The van der Waals surface area contributed by atoms with Gasteiger partial charge in [0.1, 0.15) is 5.69 Å². The zero-order valence-corrected chi connectivity index (χ0v) is 10.6. The summed E-state index contributed by atoms with van der Waals surface area (Å²) in [5.41, 5.74) is -0.0871. The van der Waals surface area contributed by atoms with Gasteiger partial charge < -0.3 is 15.4 Å². The summed E-state index contributed by atoms with van der Waals surface area (Å²) in [7, 11) is 0. The molecule has 1 atom stereocenters. The normalized spacial score (nSPS) is 12.3. The van der Waals surface area contributed by atoms with Crippen molar-refractivity contribution in [2.45, 2.75) is 19.4 Å². The van der Waals surface area contributed by atoms with Crippen LogP contribution in [0.15, 0.2) is 35.1 Å². The Morgan fingerprint density at radius 2 is 2.16 bits per heavy atom. The fourth-order valence-electron chi connectivity index (χ4n) is 1.87. The number of hydrogen-bond donors (Lipinski definition) is 3. The van der Waals surface area contributed by atoms with Crippen molar-refractivity contribution in [2.24, 2.45) is 0 Å². The second kappa shape index (κ2) is 5.67. The highest BCUT2D eigenvalue weighted by molar-refractivity contribution is 5.96. The first kappa shape index (κ1) is 13.3. The van der Waals surface area contributed by atoms with Crippen LogP contribution in [0.3, 0.4) is 0 Å². The zero-order valence-electron chi connectivity index (χ0n) is 10.6. The largest absolute Gasteiger partial charge is 0.394 e. The first-order valence-corrected chi connectivity index (χ1v) is 6.19. The maximum absolute atomic E-state index is 12.0. The third-order valence-electron chi connectivity index (χ3n) is 3.05. The summed E-state index contributed by atoms with van der Waals surface area (Å²) in [6, 6.07) is 8.41. The fourth-order valence-corrected chi connectivity index (χ4v) is 1.87. The SMILES string of the molecule is CCC(CO)NC(=O)c1cc2ccccc2c(=O)[nH]1. The van der Waals surface area contributed by atoms with Crippen molar-refractivity contribution in [3.8, 4) is 0 Å². The number of pyridine rings is 1. The molecule has 2 rings (SSSR count). The molecule has 0 aliphatic heterocycles. The molecule has 0 radical (unpaired) electrons. The number of aliphatic hydroxyl groups excluding tert-OH is 1. The van der Waals surface area contributed by atoms with E-state index in [4.69, 9.17) is 5.11 Å². The number of aromatic nitrogens is 1. The summed E-state index contributed by atoms with van der Waals surface area (Å²) in [5, 5.41) is 13.0. The van der Waals surface area contributed by atoms with Crippen LogP contribution < -0.4 is 10.9 Å². The van der Waals surface area contributed by atoms with Crippen LogP contribution in [-0.4, -0.2) is 28.6 Å². The molecule has 0 saturated carbocycles. The Kier molecular flexibility index (Phi) is 3.97. The molecular formula is C14H16N2O3. The number of hydrogen-bond acceptors (Lipinski definition) is 3. The zero-order chi connectivity index (χ0) is 13.8. The average molecular weight is 260 g/mol. The van der Waals surface area contributed by atoms with Crippen LogP contribution >= 0.6 is 0 Å². The molecule has 5 nitrogen and oxygen atoms in total. The maximum Gasteiger partial charge on any atom is 0.268 e. The van der Waals surface area contributed by atoms with Gasteiger partial charge in [0.15, 0.2) is 0 Å². The molecule has 2 aromatic rings. The molecule has 100 valence electrons. The maximum atomic E-state index is 12.0. The van der Waals surface area contributed by atoms with Gasteiger partial charge in [0.25, 0.3) is 11.5 Å². The number of amides is 1. The van der Waals surface area contributed by atoms with Crippen LogP contribution in [0.25, 0.3) is 10.8 Å². The quantitative estimate of drug-likeness (QED) is 0.768. The summed E-state index contributed by atoms with van der Waals surface area (Å²) in [6.45, 7) is 1.74. The van der Waals surface area contributed by atoms with Gasteiger partial charge in [0.05, 0.1) is 12.6 Å². The lowest BCUT2D eigenvalue weighted by molar-refractivity contribution is 0.0910. The van der Waals surface area contributed by atoms with Crippen LogP contribution in [0.4, 0.5) is 0 Å². The van der Waals surface area contributed by atoms with Crippen molar-refractivity contribution in [2.75, 3.05) is 6.61 Å². The topological polar surface area (TPSA) is 82.2 Å². The molecule has 1 aromatic carbocycles. The molecule has 19 heavy (non-hydrogen) atoms. The number of carbonyl (C=O) groups is 1. The smallest absolute Gasteiger partial charge is 0.268 e. The minimum absolute atomic E-state index is 0.125. The summed E-state index contributed by atoms with van der Waals surface area (Å²) >= 11 is 0. The first-order chi connectivity index (χ1) is 9.15. The van der Waals surface area contributed by atoms with Gasteiger partial charge in [0, 0.05) is 5.39 Å². The lowest BCUT2D eigenvalue weighted by Gasteiger charge is -2.13. The number of rotatable bonds is 4. The van der Waals surface area contributed by atoms with Gasteiger partial charge in [-0.05, 0) is 23.9 Å². The summed E-state index contributed by atoms with van der Waals surface area (Å²) in [6.07, 6.45) is 0.625. The Bertz CT molecular complexity index is 644. The number of carbonyl (C=O) groups excluding carboxylic acids is 1. The molecule has 1 heterocycles. The molecule has 0 aliphatic rings. The van der Waals surface area contributed by atoms with E-state index in [1.54, 1.807) is 24.3 Å². The Balaban J connectivity index is 2.35. The lowest BCUT2D eigenvalue weighted by Crippen LogP contribution is -2.37. The van der Waals surface area contributed by atoms with Crippen molar-refractivity contribution < 1.29 is 9.90 Å². The number of aliphatic hydroxyl groups is 1. The van der Waals surface area contributed by atoms with E-state index >= 15 is 0 Å². The fraction of sp³-hybridized carbons (Fsp3) is 0.286. The van der Waals surface area contributed by atoms with Gasteiger partial charge >= 0.3 is 0 Å². The van der Waals surface area contributed by atoms with Crippen molar-refractivity contribution in [3.63, 3.8) is 0 Å². The standard InChI is InChI=1S/C14H16N2O3/c1-2-10(8-17)15-14(19)12-7-9-5-3-4-6-11(9)13(18)16-12/h3-7,10,17H,2,8H2,1H3,(H,15,19)(H,16,18). The Hall–Kier alpha value is -2.14. The highest BCUT2D eigenvalue weighted by Gasteiger charge is 2.13. The molecule has 1 amide bonds. The molecule has 0 saturated heterocycles. The third kappa shape index (κ3) is 2.82. The molecule has 0 aliphatic carbocycles.